The maximum absolute atomic E-state index is 10.0. The van der Waals surface area contributed by atoms with E-state index in [4.69, 9.17) is 10.2 Å². The molecule has 25 heavy (non-hydrogen) atoms. The molecular weight excluding hydrogens is 352 g/mol. The zero-order chi connectivity index (χ0) is 18.8. The Bertz CT molecular complexity index is 282. The third-order valence-electron chi connectivity index (χ3n) is 3.59. The van der Waals surface area contributed by atoms with Crippen molar-refractivity contribution in [2.75, 3.05) is 0 Å². The number of hydrogen-bond acceptors (Lipinski definition) is 6. The predicted octanol–water partition coefficient (Wildman–Crippen LogP) is 0.535. The van der Waals surface area contributed by atoms with Crippen LogP contribution in [0.3, 0.4) is 0 Å². The summed E-state index contributed by atoms with van der Waals surface area (Å²) >= 11 is 0. The fourth-order valence-electron chi connectivity index (χ4n) is 2.20. The molecule has 0 bridgehead atoms. The van der Waals surface area contributed by atoms with Gasteiger partial charge in [-0.05, 0) is 12.8 Å². The van der Waals surface area contributed by atoms with Gasteiger partial charge >= 0.3 is 37.7 Å². The van der Waals surface area contributed by atoms with Crippen LogP contribution in [0, 0.1) is 0 Å². The maximum atomic E-state index is 10.0. The first-order valence-electron chi connectivity index (χ1n) is 9.09. The van der Waals surface area contributed by atoms with Crippen molar-refractivity contribution in [3.63, 3.8) is 0 Å². The van der Waals surface area contributed by atoms with Crippen molar-refractivity contribution in [2.24, 2.45) is 0 Å². The fraction of sp³-hybridized carbons (Fsp3) is 0.889. The molecule has 0 heterocycles. The summed E-state index contributed by atoms with van der Waals surface area (Å²) in [7, 11) is 0. The van der Waals surface area contributed by atoms with E-state index in [1.807, 2.05) is 0 Å². The van der Waals surface area contributed by atoms with Crippen molar-refractivity contribution >= 4 is 49.7 Å². The Morgan fingerprint density at radius 2 is 1.04 bits per heavy atom. The maximum Gasteiger partial charge on any atom is 2.00 e. The van der Waals surface area contributed by atoms with Gasteiger partial charge in [-0.3, -0.25) is 0 Å². The number of aliphatic hydroxyl groups excluding tert-OH is 2. The number of carboxylic acids is 2. The zero-order valence-corrected chi connectivity index (χ0v) is 18.1. The quantitative estimate of drug-likeness (QED) is 0.332. The van der Waals surface area contributed by atoms with Gasteiger partial charge in [0.25, 0.3) is 0 Å². The standard InChI is InChI=1S/2C9H18O3.Ca/c2*1-2-3-4-5-6-8(10)7-9(11)12;/h2*8,10H,2-7H2,1H3,(H,11,12);/q;;+2/p-2. The van der Waals surface area contributed by atoms with E-state index >= 15 is 0 Å². The monoisotopic (exact) mass is 386 g/mol. The molecule has 0 saturated carbocycles. The molecule has 0 radical (unpaired) electrons. The first kappa shape index (κ1) is 29.9. The normalized spacial score (nSPS) is 12.3. The molecule has 0 rings (SSSR count). The van der Waals surface area contributed by atoms with Crippen LogP contribution in [0.25, 0.3) is 0 Å². The van der Waals surface area contributed by atoms with Crippen LogP contribution < -0.4 is 10.2 Å². The minimum Gasteiger partial charge on any atom is -0.550 e. The van der Waals surface area contributed by atoms with Crippen molar-refractivity contribution in [1.29, 1.82) is 0 Å². The number of carboxylic acid groups (broad SMARTS) is 2. The van der Waals surface area contributed by atoms with Crippen LogP contribution in [-0.4, -0.2) is 72.1 Å². The van der Waals surface area contributed by atoms with Crippen LogP contribution in [0.1, 0.15) is 90.9 Å². The Kier molecular flexibility index (Phi) is 26.5. The number of rotatable bonds is 14. The minimum atomic E-state index is -1.17. The van der Waals surface area contributed by atoms with Gasteiger partial charge in [-0.2, -0.15) is 0 Å². The van der Waals surface area contributed by atoms with Gasteiger partial charge in [0.2, 0.25) is 0 Å². The van der Waals surface area contributed by atoms with Crippen LogP contribution in [-0.2, 0) is 9.59 Å². The van der Waals surface area contributed by atoms with Gasteiger partial charge in [-0.1, -0.05) is 65.2 Å². The van der Waals surface area contributed by atoms with Gasteiger partial charge in [0, 0.05) is 24.8 Å². The van der Waals surface area contributed by atoms with Crippen LogP contribution in [0.4, 0.5) is 0 Å². The summed E-state index contributed by atoms with van der Waals surface area (Å²) in [5.74, 6) is -2.34. The van der Waals surface area contributed by atoms with Crippen molar-refractivity contribution in [2.45, 2.75) is 103 Å². The van der Waals surface area contributed by atoms with Crippen LogP contribution in [0.15, 0.2) is 0 Å². The molecule has 2 unspecified atom stereocenters. The second kappa shape index (κ2) is 22.2. The molecule has 0 aliphatic rings. The number of aliphatic hydroxyl groups is 2. The molecule has 0 fully saturated rings. The summed E-state index contributed by atoms with van der Waals surface area (Å²) in [5, 5.41) is 38.3. The molecule has 0 aromatic rings. The van der Waals surface area contributed by atoms with Gasteiger partial charge in [0.1, 0.15) is 0 Å². The van der Waals surface area contributed by atoms with Crippen molar-refractivity contribution in [1.82, 2.24) is 0 Å². The first-order chi connectivity index (χ1) is 11.3. The Hall–Kier alpha value is 0.120. The molecule has 2 N–H and O–H groups in total. The Morgan fingerprint density at radius 1 is 0.720 bits per heavy atom. The average Bonchev–Trinajstić information content (AvgIpc) is 2.47. The molecule has 6 nitrogen and oxygen atoms in total. The van der Waals surface area contributed by atoms with E-state index in [1.165, 1.54) is 0 Å². The van der Waals surface area contributed by atoms with Crippen LogP contribution in [0.2, 0.25) is 0 Å². The average molecular weight is 387 g/mol. The summed E-state index contributed by atoms with van der Waals surface area (Å²) in [5.41, 5.74) is 0. The summed E-state index contributed by atoms with van der Waals surface area (Å²) in [6.07, 6.45) is 7.81. The molecule has 0 aromatic heterocycles. The van der Waals surface area contributed by atoms with Gasteiger partial charge in [-0.15, -0.1) is 0 Å². The summed E-state index contributed by atoms with van der Waals surface area (Å²) in [6, 6.07) is 0. The van der Waals surface area contributed by atoms with Gasteiger partial charge < -0.3 is 30.0 Å². The molecule has 2 atom stereocenters. The number of aliphatic carboxylic acids is 2. The summed E-state index contributed by atoms with van der Waals surface area (Å²) in [4.78, 5) is 20.1. The Morgan fingerprint density at radius 3 is 1.28 bits per heavy atom. The third kappa shape index (κ3) is 29.2. The van der Waals surface area contributed by atoms with Crippen molar-refractivity contribution in [3.05, 3.63) is 0 Å². The van der Waals surface area contributed by atoms with E-state index < -0.39 is 24.1 Å². The summed E-state index contributed by atoms with van der Waals surface area (Å²) < 4.78 is 0. The topological polar surface area (TPSA) is 121 Å². The largest absolute Gasteiger partial charge is 2.00 e. The van der Waals surface area contributed by atoms with Crippen molar-refractivity contribution < 1.29 is 30.0 Å². The molecular formula is C18H34CaO6. The second-order valence-corrected chi connectivity index (χ2v) is 6.16. The second-order valence-electron chi connectivity index (χ2n) is 6.16. The number of unbranched alkanes of at least 4 members (excludes halogenated alkanes) is 6. The molecule has 0 aliphatic heterocycles. The Balaban J connectivity index is -0.000000372. The van der Waals surface area contributed by atoms with Gasteiger partial charge in [0.05, 0.1) is 12.2 Å². The molecule has 0 spiro atoms. The molecule has 7 heteroatoms. The van der Waals surface area contributed by atoms with Gasteiger partial charge in [0.15, 0.2) is 0 Å². The van der Waals surface area contributed by atoms with E-state index in [1.54, 1.807) is 0 Å². The number of carbonyl (C=O) groups excluding carboxylic acids is 2. The molecule has 0 saturated heterocycles. The predicted molar refractivity (Wildman–Crippen MR) is 94.5 cm³/mol. The first-order valence-corrected chi connectivity index (χ1v) is 9.09. The van der Waals surface area contributed by atoms with Crippen LogP contribution in [0.5, 0.6) is 0 Å². The summed E-state index contributed by atoms with van der Waals surface area (Å²) in [6.45, 7) is 4.22. The zero-order valence-electron chi connectivity index (χ0n) is 15.9. The molecule has 0 aliphatic carbocycles. The smallest absolute Gasteiger partial charge is 0.550 e. The van der Waals surface area contributed by atoms with Crippen molar-refractivity contribution in [3.8, 4) is 0 Å². The van der Waals surface area contributed by atoms with E-state index in [-0.39, 0.29) is 50.6 Å². The Labute approximate surface area is 182 Å². The third-order valence-corrected chi connectivity index (χ3v) is 3.59. The van der Waals surface area contributed by atoms with E-state index in [0.717, 1.165) is 51.4 Å². The van der Waals surface area contributed by atoms with E-state index in [9.17, 15) is 19.8 Å². The van der Waals surface area contributed by atoms with Gasteiger partial charge in [-0.25, -0.2) is 0 Å². The molecule has 0 amide bonds. The number of carbonyl (C=O) groups is 2. The number of hydrogen-bond donors (Lipinski definition) is 2. The fourth-order valence-corrected chi connectivity index (χ4v) is 2.20. The minimum absolute atomic E-state index is 0. The SMILES string of the molecule is CCCCCCC(O)CC(=O)[O-].CCCCCCC(O)CC(=O)[O-].[Ca+2]. The molecule has 144 valence electrons. The van der Waals surface area contributed by atoms with Crippen LogP contribution >= 0.6 is 0 Å². The van der Waals surface area contributed by atoms with E-state index in [0.29, 0.717) is 12.8 Å². The van der Waals surface area contributed by atoms with E-state index in [2.05, 4.69) is 13.8 Å². The molecule has 0 aromatic carbocycles.